The molecule has 0 aliphatic rings. The average molecular weight is 291 g/mol. The Hall–Kier alpha value is -2.74. The van der Waals surface area contributed by atoms with E-state index in [9.17, 15) is 19.7 Å². The first kappa shape index (κ1) is 13.7. The highest BCUT2D eigenvalue weighted by molar-refractivity contribution is 7.20. The number of nitrogens with two attached hydrogens (primary N) is 1. The van der Waals surface area contributed by atoms with Crippen molar-refractivity contribution < 1.29 is 14.5 Å². The first-order chi connectivity index (χ1) is 9.56. The van der Waals surface area contributed by atoms with Crippen LogP contribution in [0.3, 0.4) is 0 Å². The van der Waals surface area contributed by atoms with Crippen LogP contribution in [0.15, 0.2) is 30.3 Å². The molecule has 2 rings (SSSR count). The van der Waals surface area contributed by atoms with Gasteiger partial charge in [0, 0.05) is 0 Å². The Kier molecular flexibility index (Phi) is 3.76. The Balaban J connectivity index is 2.78. The van der Waals surface area contributed by atoms with Crippen molar-refractivity contribution in [2.45, 2.75) is 0 Å². The fourth-order valence-corrected chi connectivity index (χ4v) is 2.81. The third kappa shape index (κ3) is 2.36. The summed E-state index contributed by atoms with van der Waals surface area (Å²) in [7, 11) is 0. The molecule has 0 bridgehead atoms. The number of benzene rings is 1. The highest BCUT2D eigenvalue weighted by Gasteiger charge is 2.29. The smallest absolute Gasteiger partial charge is 0.334 e. The van der Waals surface area contributed by atoms with Gasteiger partial charge in [0.15, 0.2) is 0 Å². The van der Waals surface area contributed by atoms with Crippen molar-refractivity contribution in [3.05, 3.63) is 46.0 Å². The molecule has 3 N–H and O–H groups in total. The molecule has 0 aliphatic carbocycles. The number of carbonyl (C=O) groups excluding carboxylic acids is 2. The second-order valence-corrected chi connectivity index (χ2v) is 4.73. The van der Waals surface area contributed by atoms with E-state index in [1.165, 1.54) is 0 Å². The van der Waals surface area contributed by atoms with Crippen LogP contribution in [-0.4, -0.2) is 17.2 Å². The number of amides is 2. The molecule has 0 radical (unpaired) electrons. The summed E-state index contributed by atoms with van der Waals surface area (Å²) in [5.74, 6) is -0.836. The molecule has 1 aromatic carbocycles. The highest BCUT2D eigenvalue weighted by atomic mass is 32.1. The number of hydrogen-bond acceptors (Lipinski definition) is 5. The Morgan fingerprint density at radius 2 is 2.00 bits per heavy atom. The largest absolute Gasteiger partial charge is 0.365 e. The standard InChI is InChI=1S/C12H9N3O4S/c13-10(17)9-8(7-4-2-1-3-5-7)12(15(18)19)20-11(9)14-6-16/h1-6H,(H2,13,17)(H,14,16). The van der Waals surface area contributed by atoms with Crippen molar-refractivity contribution >= 4 is 33.7 Å². The van der Waals surface area contributed by atoms with Gasteiger partial charge in [-0.25, -0.2) is 0 Å². The fourth-order valence-electron chi connectivity index (χ4n) is 1.81. The third-order valence-corrected chi connectivity index (χ3v) is 3.63. The maximum Gasteiger partial charge on any atom is 0.334 e. The number of anilines is 1. The quantitative estimate of drug-likeness (QED) is 0.498. The molecule has 0 unspecified atom stereocenters. The zero-order valence-electron chi connectivity index (χ0n) is 10.0. The Morgan fingerprint density at radius 1 is 1.35 bits per heavy atom. The third-order valence-electron chi connectivity index (χ3n) is 2.55. The van der Waals surface area contributed by atoms with Gasteiger partial charge in [0.25, 0.3) is 5.91 Å². The van der Waals surface area contributed by atoms with Crippen molar-refractivity contribution in [2.24, 2.45) is 5.73 Å². The molecule has 0 spiro atoms. The zero-order chi connectivity index (χ0) is 14.7. The van der Waals surface area contributed by atoms with E-state index in [0.29, 0.717) is 23.3 Å². The summed E-state index contributed by atoms with van der Waals surface area (Å²) in [5.41, 5.74) is 5.84. The number of nitro groups is 1. The van der Waals surface area contributed by atoms with Crippen LogP contribution in [-0.2, 0) is 4.79 Å². The SMILES string of the molecule is NC(=O)c1c(NC=O)sc([N+](=O)[O-])c1-c1ccccc1. The van der Waals surface area contributed by atoms with Gasteiger partial charge in [-0.05, 0) is 16.9 Å². The number of carbonyl (C=O) groups is 2. The molecule has 0 fully saturated rings. The Bertz CT molecular complexity index is 682. The summed E-state index contributed by atoms with van der Waals surface area (Å²) in [6.07, 6.45) is 0.344. The topological polar surface area (TPSA) is 115 Å². The van der Waals surface area contributed by atoms with Crippen LogP contribution in [0.4, 0.5) is 10.0 Å². The van der Waals surface area contributed by atoms with Gasteiger partial charge in [-0.15, -0.1) is 0 Å². The van der Waals surface area contributed by atoms with E-state index in [-0.39, 0.29) is 21.1 Å². The van der Waals surface area contributed by atoms with Gasteiger partial charge in [-0.2, -0.15) is 0 Å². The summed E-state index contributed by atoms with van der Waals surface area (Å²) in [4.78, 5) is 32.7. The second kappa shape index (κ2) is 5.49. The molecule has 0 aliphatic heterocycles. The first-order valence-electron chi connectivity index (χ1n) is 5.42. The maximum atomic E-state index is 11.6. The summed E-state index contributed by atoms with van der Waals surface area (Å²) in [6.45, 7) is 0. The molecule has 0 saturated heterocycles. The highest BCUT2D eigenvalue weighted by Crippen LogP contribution is 2.44. The average Bonchev–Trinajstić information content (AvgIpc) is 2.80. The van der Waals surface area contributed by atoms with Gasteiger partial charge in [0.05, 0.1) is 16.1 Å². The molecule has 2 aromatic rings. The van der Waals surface area contributed by atoms with Gasteiger partial charge in [0.1, 0.15) is 5.00 Å². The van der Waals surface area contributed by atoms with Gasteiger partial charge >= 0.3 is 5.00 Å². The van der Waals surface area contributed by atoms with Crippen molar-refractivity contribution in [3.63, 3.8) is 0 Å². The maximum absolute atomic E-state index is 11.6. The lowest BCUT2D eigenvalue weighted by atomic mass is 10.0. The van der Waals surface area contributed by atoms with Gasteiger partial charge < -0.3 is 11.1 Å². The molecule has 102 valence electrons. The van der Waals surface area contributed by atoms with Crippen LogP contribution in [0.5, 0.6) is 0 Å². The summed E-state index contributed by atoms with van der Waals surface area (Å²) in [5, 5.41) is 13.2. The number of nitrogens with zero attached hydrogens (tertiary/aromatic N) is 1. The minimum atomic E-state index is -0.836. The minimum absolute atomic E-state index is 0.0556. The van der Waals surface area contributed by atoms with E-state index in [0.717, 1.165) is 0 Å². The summed E-state index contributed by atoms with van der Waals surface area (Å²) >= 11 is 0.700. The molecule has 7 nitrogen and oxygen atoms in total. The Morgan fingerprint density at radius 3 is 2.50 bits per heavy atom. The molecule has 2 amide bonds. The lowest BCUT2D eigenvalue weighted by Gasteiger charge is -2.02. The molecular weight excluding hydrogens is 282 g/mol. The summed E-state index contributed by atoms with van der Waals surface area (Å²) < 4.78 is 0. The lowest BCUT2D eigenvalue weighted by Crippen LogP contribution is -2.13. The lowest BCUT2D eigenvalue weighted by molar-refractivity contribution is -0.379. The fraction of sp³-hybridized carbons (Fsp3) is 0. The number of rotatable bonds is 5. The molecular formula is C12H9N3O4S. The molecule has 1 aromatic heterocycles. The van der Waals surface area contributed by atoms with Gasteiger partial charge in [-0.1, -0.05) is 30.3 Å². The van der Waals surface area contributed by atoms with E-state index >= 15 is 0 Å². The van der Waals surface area contributed by atoms with Gasteiger partial charge in [-0.3, -0.25) is 19.7 Å². The molecule has 0 atom stereocenters. The first-order valence-corrected chi connectivity index (χ1v) is 6.24. The van der Waals surface area contributed by atoms with E-state index in [1.807, 2.05) is 0 Å². The van der Waals surface area contributed by atoms with Crippen molar-refractivity contribution in [3.8, 4) is 11.1 Å². The van der Waals surface area contributed by atoms with E-state index in [4.69, 9.17) is 5.73 Å². The van der Waals surface area contributed by atoms with Crippen LogP contribution >= 0.6 is 11.3 Å². The Labute approximate surface area is 117 Å². The van der Waals surface area contributed by atoms with Gasteiger partial charge in [0.2, 0.25) is 6.41 Å². The van der Waals surface area contributed by atoms with Crippen molar-refractivity contribution in [2.75, 3.05) is 5.32 Å². The zero-order valence-corrected chi connectivity index (χ0v) is 10.8. The monoisotopic (exact) mass is 291 g/mol. The minimum Gasteiger partial charge on any atom is -0.365 e. The number of nitrogens with one attached hydrogen (secondary N) is 1. The predicted molar refractivity (Wildman–Crippen MR) is 74.6 cm³/mol. The van der Waals surface area contributed by atoms with Crippen LogP contribution < -0.4 is 11.1 Å². The molecule has 8 heteroatoms. The number of hydrogen-bond donors (Lipinski definition) is 2. The van der Waals surface area contributed by atoms with Crippen LogP contribution in [0.2, 0.25) is 0 Å². The molecule has 20 heavy (non-hydrogen) atoms. The summed E-state index contributed by atoms with van der Waals surface area (Å²) in [6, 6.07) is 8.39. The number of thiophene rings is 1. The van der Waals surface area contributed by atoms with E-state index < -0.39 is 10.8 Å². The van der Waals surface area contributed by atoms with Crippen LogP contribution in [0.25, 0.3) is 11.1 Å². The predicted octanol–water partition coefficient (Wildman–Crippen LogP) is 1.99. The van der Waals surface area contributed by atoms with E-state index in [1.54, 1.807) is 30.3 Å². The van der Waals surface area contributed by atoms with Crippen molar-refractivity contribution in [1.29, 1.82) is 0 Å². The molecule has 1 heterocycles. The number of primary amides is 1. The molecule has 0 saturated carbocycles. The van der Waals surface area contributed by atoms with Crippen LogP contribution in [0.1, 0.15) is 10.4 Å². The van der Waals surface area contributed by atoms with E-state index in [2.05, 4.69) is 5.32 Å². The normalized spacial score (nSPS) is 10.0. The van der Waals surface area contributed by atoms with Crippen molar-refractivity contribution in [1.82, 2.24) is 0 Å². The van der Waals surface area contributed by atoms with Crippen LogP contribution in [0, 0.1) is 10.1 Å². The second-order valence-electron chi connectivity index (χ2n) is 3.74.